The molecule has 0 saturated heterocycles. The minimum atomic E-state index is -0.575. The molecule has 0 bridgehead atoms. The summed E-state index contributed by atoms with van der Waals surface area (Å²) in [4.78, 5) is 26.6. The maximum absolute atomic E-state index is 11.7. The molecule has 6 heteroatoms. The Bertz CT molecular complexity index is 621. The molecule has 1 aromatic carbocycles. The van der Waals surface area contributed by atoms with Gasteiger partial charge in [-0.2, -0.15) is 0 Å². The van der Waals surface area contributed by atoms with Crippen LogP contribution < -0.4 is 5.56 Å². The second-order valence-electron chi connectivity index (χ2n) is 3.12. The average Bonchev–Trinajstić information content (AvgIpc) is 2.25. The van der Waals surface area contributed by atoms with Crippen molar-refractivity contribution in [2.24, 2.45) is 0 Å². The standard InChI is InChI=1S/C10H8N2O3S/c1-6(13)16-10-11-8-5-3-2-4-7(8)9(14)12(10)15/h2-5,15H,1H3. The van der Waals surface area contributed by atoms with Crippen LogP contribution >= 0.6 is 11.8 Å². The first-order valence-corrected chi connectivity index (χ1v) is 5.30. The molecule has 0 aliphatic rings. The van der Waals surface area contributed by atoms with Crippen LogP contribution in [0.2, 0.25) is 0 Å². The van der Waals surface area contributed by atoms with Crippen molar-refractivity contribution in [2.45, 2.75) is 12.1 Å². The highest BCUT2D eigenvalue weighted by Crippen LogP contribution is 2.16. The van der Waals surface area contributed by atoms with E-state index in [1.807, 2.05) is 0 Å². The number of carbonyl (C=O) groups excluding carboxylic acids is 1. The van der Waals surface area contributed by atoms with Crippen molar-refractivity contribution in [3.63, 3.8) is 0 Å². The van der Waals surface area contributed by atoms with Crippen molar-refractivity contribution >= 4 is 27.8 Å². The summed E-state index contributed by atoms with van der Waals surface area (Å²) < 4.78 is 0.397. The van der Waals surface area contributed by atoms with E-state index in [4.69, 9.17) is 0 Å². The van der Waals surface area contributed by atoms with Crippen LogP contribution in [-0.2, 0) is 4.79 Å². The zero-order chi connectivity index (χ0) is 11.7. The SMILES string of the molecule is CC(=O)Sc1nc2ccccc2c(=O)n1O. The molecule has 0 atom stereocenters. The fraction of sp³-hybridized carbons (Fsp3) is 0.100. The maximum Gasteiger partial charge on any atom is 0.294 e. The highest BCUT2D eigenvalue weighted by atomic mass is 32.2. The first kappa shape index (κ1) is 10.7. The van der Waals surface area contributed by atoms with Crippen LogP contribution in [0.15, 0.2) is 34.2 Å². The average molecular weight is 236 g/mol. The molecule has 0 unspecified atom stereocenters. The number of carbonyl (C=O) groups is 1. The number of fused-ring (bicyclic) bond motifs is 1. The van der Waals surface area contributed by atoms with E-state index >= 15 is 0 Å². The Labute approximate surface area is 94.7 Å². The minimum Gasteiger partial charge on any atom is -0.423 e. The van der Waals surface area contributed by atoms with Crippen molar-refractivity contribution in [3.8, 4) is 0 Å². The highest BCUT2D eigenvalue weighted by molar-refractivity contribution is 8.13. The summed E-state index contributed by atoms with van der Waals surface area (Å²) in [6, 6.07) is 6.64. The summed E-state index contributed by atoms with van der Waals surface area (Å²) in [5.41, 5.74) is -0.115. The van der Waals surface area contributed by atoms with Gasteiger partial charge in [-0.15, -0.1) is 4.73 Å². The lowest BCUT2D eigenvalue weighted by atomic mass is 10.2. The van der Waals surface area contributed by atoms with E-state index in [-0.39, 0.29) is 10.3 Å². The monoisotopic (exact) mass is 236 g/mol. The van der Waals surface area contributed by atoms with Crippen LogP contribution in [0.25, 0.3) is 10.9 Å². The zero-order valence-corrected chi connectivity index (χ0v) is 9.19. The van der Waals surface area contributed by atoms with Gasteiger partial charge in [0.1, 0.15) is 0 Å². The van der Waals surface area contributed by atoms with Gasteiger partial charge in [-0.3, -0.25) is 9.59 Å². The van der Waals surface area contributed by atoms with Gasteiger partial charge in [0.05, 0.1) is 10.9 Å². The van der Waals surface area contributed by atoms with Crippen LogP contribution in [0, 0.1) is 0 Å². The van der Waals surface area contributed by atoms with Crippen molar-refractivity contribution in [2.75, 3.05) is 0 Å². The van der Waals surface area contributed by atoms with E-state index in [1.165, 1.54) is 6.92 Å². The van der Waals surface area contributed by atoms with Gasteiger partial charge in [0.15, 0.2) is 5.12 Å². The molecule has 1 aromatic heterocycles. The molecule has 0 amide bonds. The predicted octanol–water partition coefficient (Wildman–Crippen LogP) is 1.27. The van der Waals surface area contributed by atoms with Gasteiger partial charge in [-0.25, -0.2) is 4.98 Å². The van der Waals surface area contributed by atoms with E-state index in [1.54, 1.807) is 24.3 Å². The molecule has 2 rings (SSSR count). The molecule has 0 spiro atoms. The van der Waals surface area contributed by atoms with E-state index in [9.17, 15) is 14.8 Å². The molecular formula is C10H8N2O3S. The van der Waals surface area contributed by atoms with Gasteiger partial charge >= 0.3 is 0 Å². The Morgan fingerprint density at radius 1 is 1.44 bits per heavy atom. The van der Waals surface area contributed by atoms with Gasteiger partial charge < -0.3 is 5.21 Å². The number of hydrogen-bond donors (Lipinski definition) is 1. The van der Waals surface area contributed by atoms with Gasteiger partial charge in [0, 0.05) is 6.92 Å². The van der Waals surface area contributed by atoms with Gasteiger partial charge in [-0.05, 0) is 23.9 Å². The van der Waals surface area contributed by atoms with Crippen LogP contribution in [0.3, 0.4) is 0 Å². The molecule has 0 aliphatic heterocycles. The molecule has 1 N–H and O–H groups in total. The summed E-state index contributed by atoms with van der Waals surface area (Å²) in [7, 11) is 0. The van der Waals surface area contributed by atoms with Crippen molar-refractivity contribution in [1.29, 1.82) is 0 Å². The Morgan fingerprint density at radius 3 is 2.81 bits per heavy atom. The van der Waals surface area contributed by atoms with Crippen LogP contribution in [0.4, 0.5) is 0 Å². The summed E-state index contributed by atoms with van der Waals surface area (Å²) in [5.74, 6) is 0. The molecule has 1 heterocycles. The molecule has 5 nitrogen and oxygen atoms in total. The first-order valence-electron chi connectivity index (χ1n) is 4.49. The molecular weight excluding hydrogens is 228 g/mol. The van der Waals surface area contributed by atoms with E-state index in [0.29, 0.717) is 15.6 Å². The summed E-state index contributed by atoms with van der Waals surface area (Å²) >= 11 is 0.717. The third kappa shape index (κ3) is 1.79. The zero-order valence-electron chi connectivity index (χ0n) is 8.38. The second kappa shape index (κ2) is 3.97. The van der Waals surface area contributed by atoms with Crippen molar-refractivity contribution in [3.05, 3.63) is 34.6 Å². The summed E-state index contributed by atoms with van der Waals surface area (Å²) in [5, 5.41) is 9.57. The molecule has 2 aromatic rings. The fourth-order valence-corrected chi connectivity index (χ4v) is 1.87. The number of para-hydroxylation sites is 1. The highest BCUT2D eigenvalue weighted by Gasteiger charge is 2.11. The van der Waals surface area contributed by atoms with E-state index in [2.05, 4.69) is 4.98 Å². The summed E-state index contributed by atoms with van der Waals surface area (Å²) in [6.07, 6.45) is 0. The lowest BCUT2D eigenvalue weighted by Crippen LogP contribution is -2.21. The van der Waals surface area contributed by atoms with E-state index in [0.717, 1.165) is 11.8 Å². The quantitative estimate of drug-likeness (QED) is 0.458. The fourth-order valence-electron chi connectivity index (χ4n) is 1.30. The van der Waals surface area contributed by atoms with Crippen LogP contribution in [0.5, 0.6) is 0 Å². The molecule has 16 heavy (non-hydrogen) atoms. The van der Waals surface area contributed by atoms with Crippen molar-refractivity contribution < 1.29 is 10.0 Å². The number of hydrogen-bond acceptors (Lipinski definition) is 5. The number of aromatic nitrogens is 2. The largest absolute Gasteiger partial charge is 0.423 e. The number of rotatable bonds is 1. The Morgan fingerprint density at radius 2 is 2.12 bits per heavy atom. The smallest absolute Gasteiger partial charge is 0.294 e. The van der Waals surface area contributed by atoms with Crippen molar-refractivity contribution in [1.82, 2.24) is 9.71 Å². The normalized spacial score (nSPS) is 10.6. The molecule has 82 valence electrons. The lowest BCUT2D eigenvalue weighted by molar-refractivity contribution is -0.109. The Balaban J connectivity index is 2.74. The van der Waals surface area contributed by atoms with Crippen LogP contribution in [0.1, 0.15) is 6.92 Å². The minimum absolute atomic E-state index is 0.0174. The third-order valence-electron chi connectivity index (χ3n) is 1.96. The lowest BCUT2D eigenvalue weighted by Gasteiger charge is -2.04. The second-order valence-corrected chi connectivity index (χ2v) is 4.27. The summed E-state index contributed by atoms with van der Waals surface area (Å²) in [6.45, 7) is 1.34. The van der Waals surface area contributed by atoms with Crippen LogP contribution in [-0.4, -0.2) is 20.0 Å². The molecule has 0 radical (unpaired) electrons. The predicted molar refractivity (Wildman–Crippen MR) is 59.7 cm³/mol. The maximum atomic E-state index is 11.7. The first-order chi connectivity index (χ1) is 7.59. The topological polar surface area (TPSA) is 72.2 Å². The molecule has 0 aliphatic carbocycles. The Hall–Kier alpha value is -1.82. The van der Waals surface area contributed by atoms with Gasteiger partial charge in [0.25, 0.3) is 5.56 Å². The van der Waals surface area contributed by atoms with Gasteiger partial charge in [-0.1, -0.05) is 12.1 Å². The third-order valence-corrected chi connectivity index (χ3v) is 2.69. The van der Waals surface area contributed by atoms with Gasteiger partial charge in [0.2, 0.25) is 5.16 Å². The Kier molecular flexibility index (Phi) is 2.66. The number of thioether (sulfide) groups is 1. The number of benzene rings is 1. The molecule has 0 saturated carbocycles. The molecule has 0 fully saturated rings. The number of nitrogens with zero attached hydrogens (tertiary/aromatic N) is 2. The van der Waals surface area contributed by atoms with E-state index < -0.39 is 5.56 Å².